The van der Waals surface area contributed by atoms with Crippen molar-refractivity contribution in [1.82, 2.24) is 4.90 Å². The van der Waals surface area contributed by atoms with E-state index in [1.807, 2.05) is 0 Å². The Morgan fingerprint density at radius 1 is 1.03 bits per heavy atom. The highest BCUT2D eigenvalue weighted by Crippen LogP contribution is 2.28. The van der Waals surface area contributed by atoms with E-state index in [0.717, 1.165) is 4.90 Å². The van der Waals surface area contributed by atoms with Gasteiger partial charge in [-0.15, -0.1) is 0 Å². The molecule has 0 saturated heterocycles. The molecule has 1 aliphatic rings. The van der Waals surface area contributed by atoms with Gasteiger partial charge in [-0.25, -0.2) is 4.79 Å². The Morgan fingerprint density at radius 3 is 2.17 bits per heavy atom. The molecule has 9 heteroatoms. The van der Waals surface area contributed by atoms with Gasteiger partial charge in [-0.1, -0.05) is 49.2 Å². The third-order valence-corrected chi connectivity index (χ3v) is 5.08. The Morgan fingerprint density at radius 2 is 1.63 bits per heavy atom. The predicted molar refractivity (Wildman–Crippen MR) is 112 cm³/mol. The molecule has 2 aromatic rings. The lowest BCUT2D eigenvalue weighted by Gasteiger charge is -2.27. The van der Waals surface area contributed by atoms with Gasteiger partial charge in [0.25, 0.3) is 17.7 Å². The molecule has 0 aromatic heterocycles. The summed E-state index contributed by atoms with van der Waals surface area (Å²) in [5, 5.41) is 3.15. The molecule has 0 spiro atoms. The Bertz CT molecular complexity index is 1000. The largest absolute Gasteiger partial charge is 0.454 e. The van der Waals surface area contributed by atoms with E-state index in [0.29, 0.717) is 10.7 Å². The number of fused-ring (bicyclic) bond motifs is 1. The number of nitrogens with zero attached hydrogens (tertiary/aromatic N) is 1. The monoisotopic (exact) mass is 448 g/mol. The van der Waals surface area contributed by atoms with Crippen LogP contribution in [0.25, 0.3) is 0 Å². The molecule has 1 atom stereocenters. The van der Waals surface area contributed by atoms with Crippen molar-refractivity contribution in [3.63, 3.8) is 0 Å². The second kappa shape index (κ2) is 8.85. The molecule has 1 aliphatic heterocycles. The Labute approximate surface area is 182 Å². The van der Waals surface area contributed by atoms with Crippen molar-refractivity contribution in [1.29, 1.82) is 0 Å². The normalized spacial score (nSPS) is 14.0. The van der Waals surface area contributed by atoms with Crippen LogP contribution in [0.1, 0.15) is 34.6 Å². The van der Waals surface area contributed by atoms with Crippen molar-refractivity contribution in [3.8, 4) is 0 Å². The summed E-state index contributed by atoms with van der Waals surface area (Å²) in [4.78, 5) is 51.1. The van der Waals surface area contributed by atoms with Crippen LogP contribution in [0, 0.1) is 5.92 Å². The molecule has 2 aromatic carbocycles. The SMILES string of the molecule is CC(C)[C@H](C(=O)OCC(=O)Nc1ccc(Cl)cc1Cl)N1C(=O)c2ccccc2C1=O. The van der Waals surface area contributed by atoms with Gasteiger partial charge in [0.05, 0.1) is 21.8 Å². The molecular weight excluding hydrogens is 431 g/mol. The first-order valence-corrected chi connectivity index (χ1v) is 9.84. The number of carbonyl (C=O) groups is 4. The number of rotatable bonds is 6. The summed E-state index contributed by atoms with van der Waals surface area (Å²) >= 11 is 11.8. The molecule has 0 unspecified atom stereocenters. The van der Waals surface area contributed by atoms with Crippen LogP contribution < -0.4 is 5.32 Å². The maximum Gasteiger partial charge on any atom is 0.330 e. The van der Waals surface area contributed by atoms with Crippen molar-refractivity contribution >= 4 is 52.6 Å². The first-order chi connectivity index (χ1) is 14.2. The van der Waals surface area contributed by atoms with Crippen molar-refractivity contribution in [2.45, 2.75) is 19.9 Å². The third kappa shape index (κ3) is 4.32. The molecule has 0 aliphatic carbocycles. The summed E-state index contributed by atoms with van der Waals surface area (Å²) in [7, 11) is 0. The van der Waals surface area contributed by atoms with Gasteiger partial charge in [0, 0.05) is 5.02 Å². The Hall–Kier alpha value is -2.90. The van der Waals surface area contributed by atoms with Crippen LogP contribution in [-0.2, 0) is 14.3 Å². The standard InChI is InChI=1S/C21H18Cl2N2O5/c1-11(2)18(25-19(27)13-5-3-4-6-14(13)20(25)28)21(29)30-10-17(26)24-16-8-7-12(22)9-15(16)23/h3-9,11,18H,10H2,1-2H3,(H,24,26)/t18-/m1/s1. The van der Waals surface area contributed by atoms with Crippen molar-refractivity contribution in [2.75, 3.05) is 11.9 Å². The number of imide groups is 1. The molecule has 1 heterocycles. The van der Waals surface area contributed by atoms with Crippen molar-refractivity contribution < 1.29 is 23.9 Å². The molecule has 1 N–H and O–H groups in total. The van der Waals surface area contributed by atoms with Gasteiger partial charge in [-0.05, 0) is 36.2 Å². The van der Waals surface area contributed by atoms with E-state index in [-0.39, 0.29) is 16.1 Å². The smallest absolute Gasteiger partial charge is 0.330 e. The summed E-state index contributed by atoms with van der Waals surface area (Å²) < 4.78 is 5.10. The molecule has 0 radical (unpaired) electrons. The first kappa shape index (κ1) is 21.8. The van der Waals surface area contributed by atoms with Gasteiger partial charge in [-0.3, -0.25) is 19.3 Å². The zero-order valence-corrected chi connectivity index (χ0v) is 17.7. The molecule has 30 heavy (non-hydrogen) atoms. The number of hydrogen-bond donors (Lipinski definition) is 1. The lowest BCUT2D eigenvalue weighted by molar-refractivity contribution is -0.152. The predicted octanol–water partition coefficient (Wildman–Crippen LogP) is 3.80. The van der Waals surface area contributed by atoms with E-state index in [2.05, 4.69) is 5.32 Å². The second-order valence-corrected chi connectivity index (χ2v) is 7.84. The van der Waals surface area contributed by atoms with E-state index in [4.69, 9.17) is 27.9 Å². The maximum absolute atomic E-state index is 12.7. The van der Waals surface area contributed by atoms with Gasteiger partial charge in [0.15, 0.2) is 6.61 Å². The molecular formula is C21H18Cl2N2O5. The van der Waals surface area contributed by atoms with Crippen LogP contribution in [-0.4, -0.2) is 41.2 Å². The number of carbonyl (C=O) groups excluding carboxylic acids is 4. The van der Waals surface area contributed by atoms with Gasteiger partial charge in [0.2, 0.25) is 0 Å². The highest BCUT2D eigenvalue weighted by molar-refractivity contribution is 6.36. The van der Waals surface area contributed by atoms with Crippen molar-refractivity contribution in [3.05, 3.63) is 63.6 Å². The summed E-state index contributed by atoms with van der Waals surface area (Å²) in [6.45, 7) is 2.76. The summed E-state index contributed by atoms with van der Waals surface area (Å²) in [6, 6.07) is 9.70. The van der Waals surface area contributed by atoms with Crippen LogP contribution in [0.2, 0.25) is 10.0 Å². The highest BCUT2D eigenvalue weighted by Gasteiger charge is 2.44. The number of nitrogens with one attached hydrogen (secondary N) is 1. The molecule has 3 amide bonds. The summed E-state index contributed by atoms with van der Waals surface area (Å²) in [5.41, 5.74) is 0.773. The highest BCUT2D eigenvalue weighted by atomic mass is 35.5. The number of benzene rings is 2. The lowest BCUT2D eigenvalue weighted by Crippen LogP contribution is -2.49. The number of anilines is 1. The first-order valence-electron chi connectivity index (χ1n) is 9.09. The molecule has 0 saturated carbocycles. The fourth-order valence-electron chi connectivity index (χ4n) is 3.14. The van der Waals surface area contributed by atoms with E-state index in [1.54, 1.807) is 32.0 Å². The zero-order chi connectivity index (χ0) is 22.0. The van der Waals surface area contributed by atoms with Crippen molar-refractivity contribution in [2.24, 2.45) is 5.92 Å². The number of esters is 1. The maximum atomic E-state index is 12.7. The number of hydrogen-bond acceptors (Lipinski definition) is 5. The fraction of sp³-hybridized carbons (Fsp3) is 0.238. The second-order valence-electron chi connectivity index (χ2n) is 6.99. The van der Waals surface area contributed by atoms with Crippen LogP contribution in [0.5, 0.6) is 0 Å². The molecule has 7 nitrogen and oxygen atoms in total. The van der Waals surface area contributed by atoms with Gasteiger partial charge < -0.3 is 10.1 Å². The topological polar surface area (TPSA) is 92.8 Å². The number of halogens is 2. The van der Waals surface area contributed by atoms with Crippen LogP contribution in [0.15, 0.2) is 42.5 Å². The number of amides is 3. The Kier molecular flexibility index (Phi) is 6.43. The van der Waals surface area contributed by atoms with Crippen LogP contribution in [0.4, 0.5) is 5.69 Å². The minimum absolute atomic E-state index is 0.230. The van der Waals surface area contributed by atoms with Crippen LogP contribution >= 0.6 is 23.2 Å². The molecule has 3 rings (SSSR count). The van der Waals surface area contributed by atoms with Gasteiger partial charge >= 0.3 is 5.97 Å². The molecule has 0 bridgehead atoms. The third-order valence-electron chi connectivity index (χ3n) is 4.53. The Balaban J connectivity index is 1.69. The van der Waals surface area contributed by atoms with Crippen LogP contribution in [0.3, 0.4) is 0 Å². The average Bonchev–Trinajstić information content (AvgIpc) is 2.94. The molecule has 156 valence electrons. The zero-order valence-electron chi connectivity index (χ0n) is 16.1. The average molecular weight is 449 g/mol. The lowest BCUT2D eigenvalue weighted by atomic mass is 10.0. The van der Waals surface area contributed by atoms with Gasteiger partial charge in [-0.2, -0.15) is 0 Å². The molecule has 0 fully saturated rings. The van der Waals surface area contributed by atoms with E-state index < -0.39 is 42.3 Å². The van der Waals surface area contributed by atoms with Gasteiger partial charge in [0.1, 0.15) is 6.04 Å². The quantitative estimate of drug-likeness (QED) is 0.535. The van der Waals surface area contributed by atoms with E-state index in [9.17, 15) is 19.2 Å². The minimum atomic E-state index is -1.16. The van der Waals surface area contributed by atoms with E-state index in [1.165, 1.54) is 24.3 Å². The fourth-order valence-corrected chi connectivity index (χ4v) is 3.59. The number of ether oxygens (including phenoxy) is 1. The van der Waals surface area contributed by atoms with E-state index >= 15 is 0 Å². The minimum Gasteiger partial charge on any atom is -0.454 e. The summed E-state index contributed by atoms with van der Waals surface area (Å²) in [6.07, 6.45) is 0. The summed E-state index contributed by atoms with van der Waals surface area (Å²) in [5.74, 6) is -3.03.